The van der Waals surface area contributed by atoms with E-state index < -0.39 is 6.04 Å². The summed E-state index contributed by atoms with van der Waals surface area (Å²) in [6.45, 7) is 7.79. The molecular weight excluding hydrogens is 475 g/mol. The highest BCUT2D eigenvalue weighted by molar-refractivity contribution is 6.35. The van der Waals surface area contributed by atoms with E-state index in [0.717, 1.165) is 11.1 Å². The second-order valence-corrected chi connectivity index (χ2v) is 9.64. The zero-order chi connectivity index (χ0) is 24.7. The zero-order valence-corrected chi connectivity index (χ0v) is 21.4. The van der Waals surface area contributed by atoms with E-state index in [0.29, 0.717) is 60.1 Å². The topological polar surface area (TPSA) is 67.9 Å². The molecule has 1 atom stereocenters. The molecule has 0 saturated carbocycles. The summed E-state index contributed by atoms with van der Waals surface area (Å²) in [6.07, 6.45) is 1.26. The van der Waals surface area contributed by atoms with Gasteiger partial charge in [-0.25, -0.2) is 0 Å². The number of aryl methyl sites for hydroxylation is 1. The quantitative estimate of drug-likeness (QED) is 0.476. The standard InChI is InChI=1S/C26H32Cl2N2O4/c1-4-22(26(32)29-15-17(2)3)30(16-19-7-8-20(27)14-21(19)28)25(31)10-6-18-5-9-23-24(13-18)34-12-11-33-23/h5,7-9,13-14,17,22H,4,6,10-12,15-16H2,1-3H3,(H,29,32)/t22-/m0/s1. The lowest BCUT2D eigenvalue weighted by Crippen LogP contribution is -2.49. The van der Waals surface area contributed by atoms with Crippen LogP contribution in [0.1, 0.15) is 44.7 Å². The van der Waals surface area contributed by atoms with Crippen molar-refractivity contribution in [2.75, 3.05) is 19.8 Å². The van der Waals surface area contributed by atoms with Crippen molar-refractivity contribution in [3.05, 3.63) is 57.6 Å². The molecule has 34 heavy (non-hydrogen) atoms. The molecular formula is C26H32Cl2N2O4. The minimum Gasteiger partial charge on any atom is -0.486 e. The van der Waals surface area contributed by atoms with Crippen LogP contribution in [0.4, 0.5) is 0 Å². The van der Waals surface area contributed by atoms with E-state index in [2.05, 4.69) is 5.32 Å². The SMILES string of the molecule is CC[C@@H](C(=O)NCC(C)C)N(Cc1ccc(Cl)cc1Cl)C(=O)CCc1ccc2c(c1)OCCO2. The van der Waals surface area contributed by atoms with Crippen molar-refractivity contribution in [3.8, 4) is 11.5 Å². The average molecular weight is 507 g/mol. The number of ether oxygens (including phenoxy) is 2. The number of rotatable bonds is 10. The third-order valence-electron chi connectivity index (χ3n) is 5.66. The first kappa shape index (κ1) is 26.2. The Balaban J connectivity index is 1.78. The molecule has 184 valence electrons. The molecule has 1 N–H and O–H groups in total. The summed E-state index contributed by atoms with van der Waals surface area (Å²) in [5.41, 5.74) is 1.72. The second-order valence-electron chi connectivity index (χ2n) is 8.80. The summed E-state index contributed by atoms with van der Waals surface area (Å²) in [6, 6.07) is 10.3. The van der Waals surface area contributed by atoms with Gasteiger partial charge in [0.1, 0.15) is 19.3 Å². The van der Waals surface area contributed by atoms with Crippen LogP contribution in [0.3, 0.4) is 0 Å². The van der Waals surface area contributed by atoms with Crippen molar-refractivity contribution in [1.82, 2.24) is 10.2 Å². The third-order valence-corrected chi connectivity index (χ3v) is 6.25. The number of nitrogens with one attached hydrogen (secondary N) is 1. The summed E-state index contributed by atoms with van der Waals surface area (Å²) >= 11 is 12.4. The normalized spacial score (nSPS) is 13.5. The Kier molecular flexibility index (Phi) is 9.48. The molecule has 1 aliphatic rings. The molecule has 1 aliphatic heterocycles. The maximum Gasteiger partial charge on any atom is 0.242 e. The Hall–Kier alpha value is -2.44. The van der Waals surface area contributed by atoms with E-state index in [1.807, 2.05) is 39.0 Å². The van der Waals surface area contributed by atoms with Crippen LogP contribution >= 0.6 is 23.2 Å². The van der Waals surface area contributed by atoms with Crippen molar-refractivity contribution in [2.24, 2.45) is 5.92 Å². The fraction of sp³-hybridized carbons (Fsp3) is 0.462. The highest BCUT2D eigenvalue weighted by Gasteiger charge is 2.29. The highest BCUT2D eigenvalue weighted by Crippen LogP contribution is 2.31. The molecule has 0 spiro atoms. The summed E-state index contributed by atoms with van der Waals surface area (Å²) in [4.78, 5) is 28.1. The number of carbonyl (C=O) groups is 2. The third kappa shape index (κ3) is 7.03. The first-order chi connectivity index (χ1) is 16.3. The molecule has 8 heteroatoms. The van der Waals surface area contributed by atoms with Crippen molar-refractivity contribution in [2.45, 2.75) is 52.6 Å². The first-order valence-electron chi connectivity index (χ1n) is 11.7. The Labute approximate surface area is 211 Å². The lowest BCUT2D eigenvalue weighted by Gasteiger charge is -2.31. The van der Waals surface area contributed by atoms with Gasteiger partial charge in [0.25, 0.3) is 0 Å². The van der Waals surface area contributed by atoms with E-state index >= 15 is 0 Å². The minimum absolute atomic E-state index is 0.118. The molecule has 0 unspecified atom stereocenters. The molecule has 6 nitrogen and oxygen atoms in total. The van der Waals surface area contributed by atoms with Crippen LogP contribution in [-0.2, 0) is 22.6 Å². The van der Waals surface area contributed by atoms with Crippen molar-refractivity contribution in [3.63, 3.8) is 0 Å². The van der Waals surface area contributed by atoms with Gasteiger partial charge < -0.3 is 19.7 Å². The molecule has 1 heterocycles. The first-order valence-corrected chi connectivity index (χ1v) is 12.4. The predicted octanol–water partition coefficient (Wildman–Crippen LogP) is 5.28. The molecule has 0 aromatic heterocycles. The largest absolute Gasteiger partial charge is 0.486 e. The molecule has 0 aliphatic carbocycles. The van der Waals surface area contributed by atoms with Gasteiger partial charge >= 0.3 is 0 Å². The molecule has 2 amide bonds. The number of fused-ring (bicyclic) bond motifs is 1. The van der Waals surface area contributed by atoms with Crippen LogP contribution in [0.25, 0.3) is 0 Å². The van der Waals surface area contributed by atoms with Gasteiger partial charge in [-0.2, -0.15) is 0 Å². The maximum absolute atomic E-state index is 13.5. The van der Waals surface area contributed by atoms with Crippen LogP contribution in [-0.4, -0.2) is 42.5 Å². The summed E-state index contributed by atoms with van der Waals surface area (Å²) in [5, 5.41) is 3.96. The zero-order valence-electron chi connectivity index (χ0n) is 19.9. The smallest absolute Gasteiger partial charge is 0.242 e. The van der Waals surface area contributed by atoms with E-state index in [9.17, 15) is 9.59 Å². The van der Waals surface area contributed by atoms with Gasteiger partial charge in [0, 0.05) is 29.6 Å². The van der Waals surface area contributed by atoms with Gasteiger partial charge in [0.2, 0.25) is 11.8 Å². The van der Waals surface area contributed by atoms with E-state index in [-0.39, 0.29) is 24.8 Å². The van der Waals surface area contributed by atoms with Crippen molar-refractivity contribution >= 4 is 35.0 Å². The van der Waals surface area contributed by atoms with Gasteiger partial charge in [0.15, 0.2) is 11.5 Å². The number of hydrogen-bond acceptors (Lipinski definition) is 4. The predicted molar refractivity (Wildman–Crippen MR) is 135 cm³/mol. The molecule has 3 rings (SSSR count). The Morgan fingerprint density at radius 3 is 2.47 bits per heavy atom. The summed E-state index contributed by atoms with van der Waals surface area (Å²) in [5.74, 6) is 1.45. The number of amides is 2. The molecule has 0 bridgehead atoms. The minimum atomic E-state index is -0.599. The average Bonchev–Trinajstić information content (AvgIpc) is 2.82. The summed E-state index contributed by atoms with van der Waals surface area (Å²) in [7, 11) is 0. The van der Waals surface area contributed by atoms with Gasteiger partial charge in [-0.3, -0.25) is 9.59 Å². The van der Waals surface area contributed by atoms with E-state index in [4.69, 9.17) is 32.7 Å². The Bertz CT molecular complexity index is 1010. The molecule has 2 aromatic rings. The number of halogens is 2. The number of carbonyl (C=O) groups excluding carboxylic acids is 2. The van der Waals surface area contributed by atoms with Crippen molar-refractivity contribution in [1.29, 1.82) is 0 Å². The van der Waals surface area contributed by atoms with Crippen molar-refractivity contribution < 1.29 is 19.1 Å². The Morgan fingerprint density at radius 1 is 1.06 bits per heavy atom. The van der Waals surface area contributed by atoms with Crippen LogP contribution in [0.15, 0.2) is 36.4 Å². The van der Waals surface area contributed by atoms with Gasteiger partial charge in [0.05, 0.1) is 0 Å². The number of benzene rings is 2. The Morgan fingerprint density at radius 2 is 1.79 bits per heavy atom. The monoisotopic (exact) mass is 506 g/mol. The fourth-order valence-corrected chi connectivity index (χ4v) is 4.28. The van der Waals surface area contributed by atoms with Gasteiger partial charge in [-0.15, -0.1) is 0 Å². The molecule has 0 saturated heterocycles. The van der Waals surface area contributed by atoms with Gasteiger partial charge in [-0.1, -0.05) is 56.1 Å². The van der Waals surface area contributed by atoms with E-state index in [1.165, 1.54) is 0 Å². The number of hydrogen-bond donors (Lipinski definition) is 1. The molecule has 0 fully saturated rings. The molecule has 0 radical (unpaired) electrons. The van der Waals surface area contributed by atoms with Crippen LogP contribution in [0, 0.1) is 5.92 Å². The van der Waals surface area contributed by atoms with Gasteiger partial charge in [-0.05, 0) is 54.2 Å². The lowest BCUT2D eigenvalue weighted by atomic mass is 10.1. The fourth-order valence-electron chi connectivity index (χ4n) is 3.81. The number of nitrogens with zero attached hydrogens (tertiary/aromatic N) is 1. The lowest BCUT2D eigenvalue weighted by molar-refractivity contribution is -0.141. The van der Waals surface area contributed by atoms with Crippen LogP contribution in [0.2, 0.25) is 10.0 Å². The second kappa shape index (κ2) is 12.3. The maximum atomic E-state index is 13.5. The highest BCUT2D eigenvalue weighted by atomic mass is 35.5. The van der Waals surface area contributed by atoms with Crippen LogP contribution < -0.4 is 14.8 Å². The molecule has 2 aromatic carbocycles. The van der Waals surface area contributed by atoms with Crippen LogP contribution in [0.5, 0.6) is 11.5 Å². The summed E-state index contributed by atoms with van der Waals surface area (Å²) < 4.78 is 11.2. The van der Waals surface area contributed by atoms with E-state index in [1.54, 1.807) is 23.1 Å².